The number of nitrogens with two attached hydrogens (primary N) is 1. The Hall–Kier alpha value is -0.990. The molecule has 0 amide bonds. The van der Waals surface area contributed by atoms with E-state index in [2.05, 4.69) is 4.98 Å². The fourth-order valence-corrected chi connectivity index (χ4v) is 4.90. The number of hydrogen-bond donors (Lipinski definition) is 1. The van der Waals surface area contributed by atoms with Crippen LogP contribution in [0.15, 0.2) is 10.6 Å². The first kappa shape index (κ1) is 9.08. The molecule has 0 spiro atoms. The molecule has 1 aromatic heterocycles. The maximum atomic E-state index is 5.67. The molecule has 1 aromatic rings. The minimum Gasteiger partial charge on any atom is -0.425 e. The zero-order valence-electron chi connectivity index (χ0n) is 9.48. The van der Waals surface area contributed by atoms with E-state index in [1.54, 1.807) is 6.20 Å². The quantitative estimate of drug-likeness (QED) is 0.788. The van der Waals surface area contributed by atoms with E-state index in [9.17, 15) is 0 Å². The summed E-state index contributed by atoms with van der Waals surface area (Å²) < 4.78 is 5.64. The van der Waals surface area contributed by atoms with Crippen LogP contribution in [0.2, 0.25) is 0 Å². The molecule has 0 saturated heterocycles. The van der Waals surface area contributed by atoms with Crippen molar-refractivity contribution in [3.05, 3.63) is 12.1 Å². The first-order chi connectivity index (χ1) is 7.73. The lowest BCUT2D eigenvalue weighted by molar-refractivity contribution is -0.0174. The average molecular weight is 218 g/mol. The Morgan fingerprint density at radius 2 is 1.69 bits per heavy atom. The van der Waals surface area contributed by atoms with E-state index < -0.39 is 0 Å². The highest BCUT2D eigenvalue weighted by molar-refractivity contribution is 5.23. The van der Waals surface area contributed by atoms with Crippen molar-refractivity contribution in [1.82, 2.24) is 4.98 Å². The fourth-order valence-electron chi connectivity index (χ4n) is 4.90. The Kier molecular flexibility index (Phi) is 1.60. The number of hydrogen-bond acceptors (Lipinski definition) is 3. The summed E-state index contributed by atoms with van der Waals surface area (Å²) in [7, 11) is 0. The molecule has 3 nitrogen and oxygen atoms in total. The van der Waals surface area contributed by atoms with Crippen LogP contribution >= 0.6 is 0 Å². The summed E-state index contributed by atoms with van der Waals surface area (Å²) in [6.45, 7) is 0. The van der Waals surface area contributed by atoms with E-state index in [4.69, 9.17) is 10.2 Å². The van der Waals surface area contributed by atoms with Crippen LogP contribution in [0.3, 0.4) is 0 Å². The van der Waals surface area contributed by atoms with Crippen LogP contribution in [0.1, 0.15) is 44.4 Å². The molecule has 2 N–H and O–H groups in total. The molecule has 0 aliphatic heterocycles. The number of nitrogens with zero attached hydrogens (tertiary/aromatic N) is 1. The zero-order valence-corrected chi connectivity index (χ0v) is 9.48. The molecule has 0 aromatic carbocycles. The summed E-state index contributed by atoms with van der Waals surface area (Å²) in [5.74, 6) is 4.20. The number of oxazole rings is 1. The van der Waals surface area contributed by atoms with Gasteiger partial charge in [0.15, 0.2) is 0 Å². The van der Waals surface area contributed by atoms with Crippen molar-refractivity contribution in [2.75, 3.05) is 5.73 Å². The molecule has 4 fully saturated rings. The summed E-state index contributed by atoms with van der Waals surface area (Å²) in [4.78, 5) is 4.41. The highest BCUT2D eigenvalue weighted by Gasteiger charge is 2.53. The van der Waals surface area contributed by atoms with Crippen molar-refractivity contribution in [3.63, 3.8) is 0 Å². The van der Waals surface area contributed by atoms with Crippen molar-refractivity contribution < 1.29 is 4.42 Å². The van der Waals surface area contributed by atoms with Crippen molar-refractivity contribution in [3.8, 4) is 0 Å². The molecular formula is C13H18N2O. The van der Waals surface area contributed by atoms with Crippen LogP contribution in [0, 0.1) is 17.8 Å². The zero-order chi connectivity index (χ0) is 10.8. The highest BCUT2D eigenvalue weighted by Crippen LogP contribution is 2.60. The Labute approximate surface area is 95.4 Å². The third-order valence-corrected chi connectivity index (χ3v) is 5.02. The molecule has 4 aliphatic rings. The van der Waals surface area contributed by atoms with Crippen molar-refractivity contribution >= 4 is 5.88 Å². The molecule has 5 rings (SSSR count). The van der Waals surface area contributed by atoms with E-state index in [0.29, 0.717) is 5.88 Å². The fraction of sp³-hybridized carbons (Fsp3) is 0.769. The monoisotopic (exact) mass is 218 g/mol. The third kappa shape index (κ3) is 1.12. The van der Waals surface area contributed by atoms with Crippen LogP contribution < -0.4 is 5.73 Å². The van der Waals surface area contributed by atoms with Gasteiger partial charge in [0.25, 0.3) is 0 Å². The first-order valence-electron chi connectivity index (χ1n) is 6.45. The first-order valence-corrected chi connectivity index (χ1v) is 6.45. The van der Waals surface area contributed by atoms with Crippen LogP contribution in [-0.4, -0.2) is 4.98 Å². The Morgan fingerprint density at radius 3 is 2.12 bits per heavy atom. The largest absolute Gasteiger partial charge is 0.425 e. The second-order valence-corrected chi connectivity index (χ2v) is 6.27. The maximum absolute atomic E-state index is 5.67. The van der Waals surface area contributed by atoms with Gasteiger partial charge < -0.3 is 10.2 Å². The average Bonchev–Trinajstić information content (AvgIpc) is 2.63. The SMILES string of the molecule is Nc1cnc(C23CC4CC(CC(C4)C2)C3)o1. The van der Waals surface area contributed by atoms with Crippen molar-refractivity contribution in [2.45, 2.75) is 43.9 Å². The van der Waals surface area contributed by atoms with Gasteiger partial charge in [0.1, 0.15) is 0 Å². The Bertz CT molecular complexity index is 388. The minimum atomic E-state index is 0.256. The number of nitrogen functional groups attached to an aromatic ring is 1. The van der Waals surface area contributed by atoms with Gasteiger partial charge in [0, 0.05) is 5.41 Å². The summed E-state index contributed by atoms with van der Waals surface area (Å²) in [5.41, 5.74) is 5.92. The molecule has 3 heteroatoms. The van der Waals surface area contributed by atoms with Crippen molar-refractivity contribution in [1.29, 1.82) is 0 Å². The van der Waals surface area contributed by atoms with Gasteiger partial charge in [-0.3, -0.25) is 0 Å². The molecule has 0 radical (unpaired) electrons. The molecule has 0 atom stereocenters. The van der Waals surface area contributed by atoms with Crippen LogP contribution in [0.25, 0.3) is 0 Å². The van der Waals surface area contributed by atoms with Crippen LogP contribution in [0.4, 0.5) is 5.88 Å². The molecular weight excluding hydrogens is 200 g/mol. The van der Waals surface area contributed by atoms with E-state index in [-0.39, 0.29) is 5.41 Å². The predicted octanol–water partition coefficient (Wildman–Crippen LogP) is 2.72. The summed E-state index contributed by atoms with van der Waals surface area (Å²) in [6.07, 6.45) is 9.91. The lowest BCUT2D eigenvalue weighted by Crippen LogP contribution is -2.48. The molecule has 4 saturated carbocycles. The standard InChI is InChI=1S/C13H18N2O/c14-11-7-15-12(16-11)13-4-8-1-9(5-13)3-10(2-8)6-13/h7-10H,1-6,14H2. The maximum Gasteiger partial charge on any atom is 0.211 e. The second-order valence-electron chi connectivity index (χ2n) is 6.27. The van der Waals surface area contributed by atoms with Crippen LogP contribution in [-0.2, 0) is 5.41 Å². The Morgan fingerprint density at radius 1 is 1.12 bits per heavy atom. The van der Waals surface area contributed by atoms with Gasteiger partial charge in [0.05, 0.1) is 6.20 Å². The summed E-state index contributed by atoms with van der Waals surface area (Å²) >= 11 is 0. The van der Waals surface area contributed by atoms with E-state index >= 15 is 0 Å². The number of anilines is 1. The van der Waals surface area contributed by atoms with Crippen molar-refractivity contribution in [2.24, 2.45) is 17.8 Å². The Balaban J connectivity index is 1.76. The topological polar surface area (TPSA) is 52.0 Å². The van der Waals surface area contributed by atoms with E-state index in [1.807, 2.05) is 0 Å². The lowest BCUT2D eigenvalue weighted by Gasteiger charge is -2.55. The van der Waals surface area contributed by atoms with Gasteiger partial charge >= 0.3 is 0 Å². The molecule has 4 aliphatic carbocycles. The number of rotatable bonds is 1. The third-order valence-electron chi connectivity index (χ3n) is 5.02. The van der Waals surface area contributed by atoms with Gasteiger partial charge in [-0.2, -0.15) is 0 Å². The minimum absolute atomic E-state index is 0.256. The lowest BCUT2D eigenvalue weighted by atomic mass is 9.49. The number of aromatic nitrogens is 1. The molecule has 0 unspecified atom stereocenters. The highest BCUT2D eigenvalue weighted by atomic mass is 16.4. The summed E-state index contributed by atoms with van der Waals surface area (Å²) in [5, 5.41) is 0. The molecule has 86 valence electrons. The summed E-state index contributed by atoms with van der Waals surface area (Å²) in [6, 6.07) is 0. The second kappa shape index (κ2) is 2.82. The molecule has 1 heterocycles. The van der Waals surface area contributed by atoms with E-state index in [1.165, 1.54) is 38.5 Å². The normalized spacial score (nSPS) is 45.1. The van der Waals surface area contributed by atoms with Crippen LogP contribution in [0.5, 0.6) is 0 Å². The van der Waals surface area contributed by atoms with Gasteiger partial charge in [-0.1, -0.05) is 0 Å². The van der Waals surface area contributed by atoms with E-state index in [0.717, 1.165) is 23.6 Å². The molecule has 4 bridgehead atoms. The van der Waals surface area contributed by atoms with Gasteiger partial charge in [-0.15, -0.1) is 0 Å². The molecule has 16 heavy (non-hydrogen) atoms. The van der Waals surface area contributed by atoms with Gasteiger partial charge in [0.2, 0.25) is 11.8 Å². The smallest absolute Gasteiger partial charge is 0.211 e. The van der Waals surface area contributed by atoms with Gasteiger partial charge in [-0.25, -0.2) is 4.98 Å². The van der Waals surface area contributed by atoms with Gasteiger partial charge in [-0.05, 0) is 56.3 Å². The predicted molar refractivity (Wildman–Crippen MR) is 60.8 cm³/mol.